The molecule has 0 spiro atoms. The Hall–Kier alpha value is -2.17. The lowest BCUT2D eigenvalue weighted by atomic mass is 10.1. The fourth-order valence-electron chi connectivity index (χ4n) is 1.37. The number of H-pyrrole nitrogens is 1. The number of hydrogen-bond acceptors (Lipinski definition) is 3. The highest BCUT2D eigenvalue weighted by atomic mass is 16.4. The molecule has 0 aliphatic carbocycles. The van der Waals surface area contributed by atoms with Crippen molar-refractivity contribution in [3.63, 3.8) is 0 Å². The van der Waals surface area contributed by atoms with Crippen molar-refractivity contribution < 1.29 is 9.90 Å². The Bertz CT molecular complexity index is 465. The summed E-state index contributed by atoms with van der Waals surface area (Å²) in [5.41, 5.74) is 2.24. The van der Waals surface area contributed by atoms with Crippen LogP contribution in [0, 0.1) is 0 Å². The monoisotopic (exact) mass is 203 g/mol. The van der Waals surface area contributed by atoms with Gasteiger partial charge in [-0.1, -0.05) is 6.07 Å². The van der Waals surface area contributed by atoms with E-state index in [0.29, 0.717) is 5.69 Å². The van der Waals surface area contributed by atoms with E-state index in [1.807, 2.05) is 6.07 Å². The maximum absolute atomic E-state index is 10.6. The van der Waals surface area contributed by atoms with Crippen molar-refractivity contribution >= 4 is 5.97 Å². The van der Waals surface area contributed by atoms with Crippen LogP contribution in [0.1, 0.15) is 5.69 Å². The second-order valence-corrected chi connectivity index (χ2v) is 3.07. The van der Waals surface area contributed by atoms with Crippen LogP contribution in [0.4, 0.5) is 0 Å². The number of carboxylic acids is 1. The second-order valence-electron chi connectivity index (χ2n) is 3.07. The molecule has 0 bridgehead atoms. The number of pyridine rings is 1. The minimum atomic E-state index is -0.885. The van der Waals surface area contributed by atoms with Crippen molar-refractivity contribution in [3.8, 4) is 11.1 Å². The number of nitrogens with one attached hydrogen (secondary N) is 1. The molecule has 0 radical (unpaired) electrons. The van der Waals surface area contributed by atoms with Crippen LogP contribution in [0.2, 0.25) is 0 Å². The molecule has 0 aromatic carbocycles. The molecule has 2 heterocycles. The van der Waals surface area contributed by atoms with E-state index >= 15 is 0 Å². The maximum Gasteiger partial charge on any atom is 0.309 e. The van der Waals surface area contributed by atoms with E-state index in [9.17, 15) is 4.79 Å². The van der Waals surface area contributed by atoms with Crippen molar-refractivity contribution in [2.45, 2.75) is 6.42 Å². The minimum absolute atomic E-state index is 0.0653. The van der Waals surface area contributed by atoms with Gasteiger partial charge in [-0.15, -0.1) is 0 Å². The smallest absolute Gasteiger partial charge is 0.309 e. The van der Waals surface area contributed by atoms with Crippen molar-refractivity contribution in [2.24, 2.45) is 0 Å². The lowest BCUT2D eigenvalue weighted by Crippen LogP contribution is -2.01. The van der Waals surface area contributed by atoms with E-state index in [1.54, 1.807) is 24.7 Å². The van der Waals surface area contributed by atoms with Crippen molar-refractivity contribution in [2.75, 3.05) is 0 Å². The summed E-state index contributed by atoms with van der Waals surface area (Å²) in [6.45, 7) is 0. The van der Waals surface area contributed by atoms with Gasteiger partial charge in [0, 0.05) is 23.5 Å². The molecule has 2 rings (SSSR count). The quantitative estimate of drug-likeness (QED) is 0.782. The normalized spacial score (nSPS) is 10.1. The molecule has 0 aliphatic heterocycles. The zero-order valence-corrected chi connectivity index (χ0v) is 7.84. The first-order valence-electron chi connectivity index (χ1n) is 4.42. The summed E-state index contributed by atoms with van der Waals surface area (Å²) < 4.78 is 0. The summed E-state index contributed by atoms with van der Waals surface area (Å²) >= 11 is 0. The lowest BCUT2D eigenvalue weighted by Gasteiger charge is -1.99. The van der Waals surface area contributed by atoms with Crippen LogP contribution in [0.15, 0.2) is 30.7 Å². The zero-order valence-electron chi connectivity index (χ0n) is 7.84. The number of aliphatic carboxylic acids is 1. The van der Waals surface area contributed by atoms with E-state index in [0.717, 1.165) is 11.1 Å². The molecule has 0 fully saturated rings. The molecular formula is C10H9N3O2. The molecule has 2 aromatic rings. The number of aromatic nitrogens is 3. The highest BCUT2D eigenvalue weighted by Crippen LogP contribution is 2.20. The van der Waals surface area contributed by atoms with Gasteiger partial charge >= 0.3 is 5.97 Å². The molecule has 5 heteroatoms. The van der Waals surface area contributed by atoms with E-state index in [-0.39, 0.29) is 6.42 Å². The molecule has 0 saturated carbocycles. The Morgan fingerprint density at radius 2 is 2.33 bits per heavy atom. The van der Waals surface area contributed by atoms with Gasteiger partial charge < -0.3 is 5.11 Å². The van der Waals surface area contributed by atoms with E-state index in [1.165, 1.54) is 0 Å². The Morgan fingerprint density at radius 1 is 1.47 bits per heavy atom. The molecule has 0 saturated heterocycles. The van der Waals surface area contributed by atoms with Crippen LogP contribution in [-0.4, -0.2) is 26.3 Å². The fourth-order valence-corrected chi connectivity index (χ4v) is 1.37. The van der Waals surface area contributed by atoms with Crippen LogP contribution >= 0.6 is 0 Å². The number of carboxylic acid groups (broad SMARTS) is 1. The highest BCUT2D eigenvalue weighted by molar-refractivity contribution is 5.74. The first-order valence-corrected chi connectivity index (χ1v) is 4.42. The summed E-state index contributed by atoms with van der Waals surface area (Å²) in [4.78, 5) is 14.6. The molecule has 0 aliphatic rings. The van der Waals surface area contributed by atoms with E-state index in [4.69, 9.17) is 5.11 Å². The van der Waals surface area contributed by atoms with Gasteiger partial charge in [0.2, 0.25) is 0 Å². The third kappa shape index (κ3) is 2.01. The summed E-state index contributed by atoms with van der Waals surface area (Å²) in [5, 5.41) is 15.2. The molecular weight excluding hydrogens is 194 g/mol. The molecule has 0 unspecified atom stereocenters. The second kappa shape index (κ2) is 3.91. The number of hydrogen-bond donors (Lipinski definition) is 2. The van der Waals surface area contributed by atoms with Gasteiger partial charge in [-0.05, 0) is 6.07 Å². The van der Waals surface area contributed by atoms with Crippen LogP contribution < -0.4 is 0 Å². The van der Waals surface area contributed by atoms with Gasteiger partial charge in [0.15, 0.2) is 0 Å². The van der Waals surface area contributed by atoms with Crippen LogP contribution in [0.3, 0.4) is 0 Å². The van der Waals surface area contributed by atoms with Crippen molar-refractivity contribution in [1.82, 2.24) is 15.2 Å². The minimum Gasteiger partial charge on any atom is -0.481 e. The number of nitrogens with zero attached hydrogens (tertiary/aromatic N) is 2. The average molecular weight is 203 g/mol. The van der Waals surface area contributed by atoms with Crippen molar-refractivity contribution in [3.05, 3.63) is 36.4 Å². The Labute approximate surface area is 85.8 Å². The van der Waals surface area contributed by atoms with Crippen LogP contribution in [0.5, 0.6) is 0 Å². The summed E-state index contributed by atoms with van der Waals surface area (Å²) in [6, 6.07) is 3.66. The highest BCUT2D eigenvalue weighted by Gasteiger charge is 2.10. The van der Waals surface area contributed by atoms with Gasteiger partial charge in [-0.2, -0.15) is 5.10 Å². The lowest BCUT2D eigenvalue weighted by molar-refractivity contribution is -0.136. The van der Waals surface area contributed by atoms with Crippen molar-refractivity contribution in [1.29, 1.82) is 0 Å². The van der Waals surface area contributed by atoms with Gasteiger partial charge in [-0.3, -0.25) is 14.9 Å². The molecule has 2 N–H and O–H groups in total. The predicted octanol–water partition coefficient (Wildman–Crippen LogP) is 1.10. The van der Waals surface area contributed by atoms with Crippen LogP contribution in [-0.2, 0) is 11.2 Å². The maximum atomic E-state index is 10.6. The Morgan fingerprint density at radius 3 is 3.00 bits per heavy atom. The summed E-state index contributed by atoms with van der Waals surface area (Å²) in [5.74, 6) is -0.885. The Kier molecular flexibility index (Phi) is 2.45. The topological polar surface area (TPSA) is 78.9 Å². The van der Waals surface area contributed by atoms with E-state index < -0.39 is 5.97 Å². The molecule has 76 valence electrons. The third-order valence-electron chi connectivity index (χ3n) is 2.02. The van der Waals surface area contributed by atoms with Crippen LogP contribution in [0.25, 0.3) is 11.1 Å². The van der Waals surface area contributed by atoms with Gasteiger partial charge in [0.1, 0.15) is 0 Å². The van der Waals surface area contributed by atoms with E-state index in [2.05, 4.69) is 15.2 Å². The zero-order chi connectivity index (χ0) is 10.7. The molecule has 2 aromatic heterocycles. The first kappa shape index (κ1) is 9.39. The fraction of sp³-hybridized carbons (Fsp3) is 0.100. The predicted molar refractivity (Wildman–Crippen MR) is 53.2 cm³/mol. The number of aromatic amines is 1. The number of carbonyl (C=O) groups is 1. The summed E-state index contributed by atoms with van der Waals surface area (Å²) in [6.07, 6.45) is 4.89. The van der Waals surface area contributed by atoms with Gasteiger partial charge in [0.05, 0.1) is 18.3 Å². The first-order chi connectivity index (χ1) is 7.27. The number of rotatable bonds is 3. The van der Waals surface area contributed by atoms with Gasteiger partial charge in [0.25, 0.3) is 0 Å². The Balaban J connectivity index is 2.37. The standard InChI is InChI=1S/C10H9N3O2/c14-10(15)4-9-8(6-12-13-9)7-2-1-3-11-5-7/h1-3,5-6H,4H2,(H,12,13)(H,14,15). The molecule has 0 atom stereocenters. The SMILES string of the molecule is O=C(O)Cc1[nH]ncc1-c1cccnc1. The third-order valence-corrected chi connectivity index (χ3v) is 2.02. The largest absolute Gasteiger partial charge is 0.481 e. The molecule has 0 amide bonds. The molecule has 15 heavy (non-hydrogen) atoms. The molecule has 5 nitrogen and oxygen atoms in total. The average Bonchev–Trinajstić information content (AvgIpc) is 2.66. The summed E-state index contributed by atoms with van der Waals surface area (Å²) in [7, 11) is 0. The van der Waals surface area contributed by atoms with Gasteiger partial charge in [-0.25, -0.2) is 0 Å².